The van der Waals surface area contributed by atoms with Crippen molar-refractivity contribution in [2.45, 2.75) is 31.3 Å². The van der Waals surface area contributed by atoms with Crippen LogP contribution in [0.2, 0.25) is 0 Å². The standard InChI is InChI=1S/C14H17F3N2O4S/c1-3-11(20)12(13(18)21)19(2)24(22,23)8-9-5-4-6-10(7-9)14(15,16)17/h4-7,12H,3,8H2,1-2H3,(H2,18,21). The van der Waals surface area contributed by atoms with Gasteiger partial charge in [-0.15, -0.1) is 0 Å². The number of hydrogen-bond acceptors (Lipinski definition) is 4. The summed E-state index contributed by atoms with van der Waals surface area (Å²) >= 11 is 0. The smallest absolute Gasteiger partial charge is 0.368 e. The van der Waals surface area contributed by atoms with Crippen molar-refractivity contribution in [2.24, 2.45) is 5.73 Å². The molecule has 1 aromatic rings. The van der Waals surface area contributed by atoms with Crippen LogP contribution in [0.25, 0.3) is 0 Å². The van der Waals surface area contributed by atoms with E-state index in [2.05, 4.69) is 0 Å². The van der Waals surface area contributed by atoms with Gasteiger partial charge in [0.25, 0.3) is 0 Å². The first-order valence-electron chi connectivity index (χ1n) is 6.84. The van der Waals surface area contributed by atoms with E-state index in [1.807, 2.05) is 0 Å². The maximum Gasteiger partial charge on any atom is 0.416 e. The summed E-state index contributed by atoms with van der Waals surface area (Å²) in [6.45, 7) is 1.44. The number of hydrogen-bond donors (Lipinski definition) is 1. The summed E-state index contributed by atoms with van der Waals surface area (Å²) in [4.78, 5) is 23.1. The van der Waals surface area contributed by atoms with Crippen molar-refractivity contribution in [3.8, 4) is 0 Å². The number of halogens is 3. The number of nitrogens with two attached hydrogens (primary N) is 1. The molecule has 1 amide bonds. The van der Waals surface area contributed by atoms with Crippen molar-refractivity contribution in [3.63, 3.8) is 0 Å². The van der Waals surface area contributed by atoms with Crippen LogP contribution in [0.4, 0.5) is 13.2 Å². The summed E-state index contributed by atoms with van der Waals surface area (Å²) < 4.78 is 63.2. The van der Waals surface area contributed by atoms with Gasteiger partial charge in [0.05, 0.1) is 11.3 Å². The third kappa shape index (κ3) is 4.78. The van der Waals surface area contributed by atoms with Crippen molar-refractivity contribution in [1.82, 2.24) is 4.31 Å². The number of benzene rings is 1. The topological polar surface area (TPSA) is 97.5 Å². The maximum absolute atomic E-state index is 12.7. The Balaban J connectivity index is 3.13. The molecule has 0 radical (unpaired) electrons. The van der Waals surface area contributed by atoms with E-state index >= 15 is 0 Å². The first-order valence-corrected chi connectivity index (χ1v) is 8.45. The lowest BCUT2D eigenvalue weighted by molar-refractivity contribution is -0.137. The summed E-state index contributed by atoms with van der Waals surface area (Å²) in [6.07, 6.45) is -4.73. The van der Waals surface area contributed by atoms with Gasteiger partial charge in [-0.3, -0.25) is 9.59 Å². The average Bonchev–Trinajstić information content (AvgIpc) is 2.45. The highest BCUT2D eigenvalue weighted by Crippen LogP contribution is 2.30. The van der Waals surface area contributed by atoms with Crippen LogP contribution < -0.4 is 5.73 Å². The van der Waals surface area contributed by atoms with E-state index in [0.29, 0.717) is 10.4 Å². The highest BCUT2D eigenvalue weighted by Gasteiger charge is 2.35. The molecular formula is C14H17F3N2O4S. The number of rotatable bonds is 7. The second-order valence-electron chi connectivity index (χ2n) is 5.10. The average molecular weight is 366 g/mol. The van der Waals surface area contributed by atoms with Crippen molar-refractivity contribution >= 4 is 21.7 Å². The van der Waals surface area contributed by atoms with Gasteiger partial charge >= 0.3 is 6.18 Å². The molecule has 1 unspecified atom stereocenters. The molecule has 2 N–H and O–H groups in total. The quantitative estimate of drug-likeness (QED) is 0.736. The van der Waals surface area contributed by atoms with E-state index < -0.39 is 45.2 Å². The van der Waals surface area contributed by atoms with Gasteiger partial charge in [-0.05, 0) is 11.6 Å². The summed E-state index contributed by atoms with van der Waals surface area (Å²) in [5.41, 5.74) is 3.96. The number of Topliss-reactive ketones (excluding diaryl/α,β-unsaturated/α-hetero) is 1. The lowest BCUT2D eigenvalue weighted by Crippen LogP contribution is -2.50. The summed E-state index contributed by atoms with van der Waals surface area (Å²) in [5, 5.41) is 0. The van der Waals surface area contributed by atoms with Crippen LogP contribution in [0.15, 0.2) is 24.3 Å². The van der Waals surface area contributed by atoms with Crippen molar-refractivity contribution in [1.29, 1.82) is 0 Å². The Kier molecular flexibility index (Phi) is 6.12. The monoisotopic (exact) mass is 366 g/mol. The number of likely N-dealkylation sites (N-methyl/N-ethyl adjacent to an activating group) is 1. The maximum atomic E-state index is 12.7. The molecule has 0 aliphatic carbocycles. The van der Waals surface area contributed by atoms with Crippen molar-refractivity contribution in [2.75, 3.05) is 7.05 Å². The molecule has 134 valence electrons. The minimum Gasteiger partial charge on any atom is -0.368 e. The molecule has 0 aliphatic rings. The van der Waals surface area contributed by atoms with E-state index in [4.69, 9.17) is 5.73 Å². The Morgan fingerprint density at radius 1 is 1.29 bits per heavy atom. The zero-order valence-corrected chi connectivity index (χ0v) is 13.8. The number of ketones is 1. The second-order valence-corrected chi connectivity index (χ2v) is 7.12. The van der Waals surface area contributed by atoms with Crippen LogP contribution >= 0.6 is 0 Å². The van der Waals surface area contributed by atoms with Gasteiger partial charge in [0, 0.05) is 13.5 Å². The molecule has 1 aromatic carbocycles. The van der Waals surface area contributed by atoms with E-state index in [1.54, 1.807) is 0 Å². The minimum atomic E-state index is -4.61. The van der Waals surface area contributed by atoms with Crippen molar-refractivity contribution in [3.05, 3.63) is 35.4 Å². The predicted molar refractivity (Wildman–Crippen MR) is 80.1 cm³/mol. The summed E-state index contributed by atoms with van der Waals surface area (Å²) in [7, 11) is -3.24. The molecule has 0 spiro atoms. The zero-order chi connectivity index (χ0) is 18.7. The largest absolute Gasteiger partial charge is 0.416 e. The van der Waals surface area contributed by atoms with Gasteiger partial charge in [-0.1, -0.05) is 25.1 Å². The van der Waals surface area contributed by atoms with Crippen LogP contribution in [-0.4, -0.2) is 37.5 Å². The molecule has 0 saturated carbocycles. The van der Waals surface area contributed by atoms with Gasteiger partial charge in [-0.25, -0.2) is 8.42 Å². The molecular weight excluding hydrogens is 349 g/mol. The van der Waals surface area contributed by atoms with Gasteiger partial charge in [0.2, 0.25) is 15.9 Å². The molecule has 0 aromatic heterocycles. The third-order valence-electron chi connectivity index (χ3n) is 3.33. The van der Waals surface area contributed by atoms with E-state index in [0.717, 1.165) is 19.2 Å². The Morgan fingerprint density at radius 2 is 1.88 bits per heavy atom. The zero-order valence-electron chi connectivity index (χ0n) is 13.0. The molecule has 0 heterocycles. The molecule has 1 rings (SSSR count). The van der Waals surface area contributed by atoms with Gasteiger partial charge in [0.15, 0.2) is 11.8 Å². The van der Waals surface area contributed by atoms with E-state index in [-0.39, 0.29) is 12.0 Å². The third-order valence-corrected chi connectivity index (χ3v) is 5.12. The molecule has 0 bridgehead atoms. The predicted octanol–water partition coefficient (Wildman–Crippen LogP) is 1.30. The van der Waals surface area contributed by atoms with Crippen molar-refractivity contribution < 1.29 is 31.2 Å². The van der Waals surface area contributed by atoms with Gasteiger partial charge in [-0.2, -0.15) is 17.5 Å². The first kappa shape index (κ1) is 20.1. The number of sulfonamides is 1. The van der Waals surface area contributed by atoms with Crippen LogP contribution in [0.5, 0.6) is 0 Å². The Bertz CT molecular complexity index is 732. The second kappa shape index (κ2) is 7.31. The molecule has 0 aliphatic heterocycles. The fraction of sp³-hybridized carbons (Fsp3) is 0.429. The molecule has 24 heavy (non-hydrogen) atoms. The molecule has 1 atom stereocenters. The normalized spacial score (nSPS) is 13.8. The number of carbonyl (C=O) groups is 2. The molecule has 0 fully saturated rings. The number of carbonyl (C=O) groups excluding carboxylic acids is 2. The minimum absolute atomic E-state index is 0.114. The summed E-state index contributed by atoms with van der Waals surface area (Å²) in [6, 6.07) is 2.11. The Morgan fingerprint density at radius 3 is 2.33 bits per heavy atom. The van der Waals surface area contributed by atoms with E-state index in [9.17, 15) is 31.2 Å². The number of primary amides is 1. The molecule has 10 heteroatoms. The number of nitrogens with zero attached hydrogens (tertiary/aromatic N) is 1. The number of alkyl halides is 3. The summed E-state index contributed by atoms with van der Waals surface area (Å²) in [5.74, 6) is -2.64. The van der Waals surface area contributed by atoms with Gasteiger partial charge < -0.3 is 5.73 Å². The Labute approximate surface area is 137 Å². The van der Waals surface area contributed by atoms with E-state index in [1.165, 1.54) is 13.0 Å². The van der Waals surface area contributed by atoms with Crippen LogP contribution in [0.1, 0.15) is 24.5 Å². The molecule has 0 saturated heterocycles. The van der Waals surface area contributed by atoms with Crippen LogP contribution in [0.3, 0.4) is 0 Å². The fourth-order valence-electron chi connectivity index (χ4n) is 2.04. The van der Waals surface area contributed by atoms with Crippen LogP contribution in [0, 0.1) is 0 Å². The fourth-order valence-corrected chi connectivity index (χ4v) is 3.39. The highest BCUT2D eigenvalue weighted by molar-refractivity contribution is 7.88. The first-order chi connectivity index (χ1) is 10.9. The van der Waals surface area contributed by atoms with Gasteiger partial charge in [0.1, 0.15) is 0 Å². The number of amides is 1. The molecule has 6 nitrogen and oxygen atoms in total. The lowest BCUT2D eigenvalue weighted by atomic mass is 10.1. The highest BCUT2D eigenvalue weighted by atomic mass is 32.2. The van der Waals surface area contributed by atoms with Crippen LogP contribution in [-0.2, 0) is 31.5 Å². The Hall–Kier alpha value is -1.94. The lowest BCUT2D eigenvalue weighted by Gasteiger charge is -2.23. The SMILES string of the molecule is CCC(=O)C(C(N)=O)N(C)S(=O)(=O)Cc1cccc(C(F)(F)F)c1.